The van der Waals surface area contributed by atoms with Crippen molar-refractivity contribution in [1.82, 2.24) is 5.48 Å². The van der Waals surface area contributed by atoms with Crippen molar-refractivity contribution in [2.24, 2.45) is 5.92 Å². The number of hydrogen-bond acceptors (Lipinski definition) is 5. The van der Waals surface area contributed by atoms with Crippen LogP contribution in [0.3, 0.4) is 0 Å². The number of carbonyl (C=O) groups excluding carboxylic acids is 1. The summed E-state index contributed by atoms with van der Waals surface area (Å²) in [5.74, 6) is -2.01. The third-order valence-corrected chi connectivity index (χ3v) is 5.79. The Balaban J connectivity index is 2.04. The molecule has 0 radical (unpaired) electrons. The van der Waals surface area contributed by atoms with Crippen LogP contribution >= 0.6 is 0 Å². The number of phenols is 1. The molecule has 1 atom stereocenters. The van der Waals surface area contributed by atoms with E-state index in [0.29, 0.717) is 12.8 Å². The highest BCUT2D eigenvalue weighted by Crippen LogP contribution is 2.20. The highest BCUT2D eigenvalue weighted by Gasteiger charge is 2.26. The fourth-order valence-electron chi connectivity index (χ4n) is 2.59. The summed E-state index contributed by atoms with van der Waals surface area (Å²) in [6, 6.07) is 14.8. The Morgan fingerprint density at radius 1 is 1.04 bits per heavy atom. The quantitative estimate of drug-likeness (QED) is 0.493. The summed E-state index contributed by atoms with van der Waals surface area (Å²) < 4.78 is 24.9. The Bertz CT molecular complexity index is 788. The van der Waals surface area contributed by atoms with Crippen LogP contribution in [0.4, 0.5) is 0 Å². The van der Waals surface area contributed by atoms with Gasteiger partial charge < -0.3 is 5.11 Å². The molecule has 2 aromatic rings. The Hall–Kier alpha value is -2.38. The lowest BCUT2D eigenvalue weighted by atomic mass is 10.0. The number of hydroxylamine groups is 1. The topological polar surface area (TPSA) is 104 Å². The van der Waals surface area contributed by atoms with Gasteiger partial charge in [0.1, 0.15) is 5.75 Å². The highest BCUT2D eigenvalue weighted by atomic mass is 32.2. The van der Waals surface area contributed by atoms with Crippen molar-refractivity contribution in [3.63, 3.8) is 0 Å². The van der Waals surface area contributed by atoms with Gasteiger partial charge in [-0.05, 0) is 49.1 Å². The number of sulfone groups is 1. The van der Waals surface area contributed by atoms with Gasteiger partial charge in [-0.1, -0.05) is 30.3 Å². The van der Waals surface area contributed by atoms with E-state index in [1.165, 1.54) is 24.3 Å². The number of aryl methyl sites for hydroxylation is 1. The molecule has 0 aliphatic heterocycles. The molecule has 0 aromatic heterocycles. The van der Waals surface area contributed by atoms with Crippen LogP contribution in [0.15, 0.2) is 59.5 Å². The van der Waals surface area contributed by atoms with Crippen molar-refractivity contribution in [2.45, 2.75) is 24.2 Å². The van der Waals surface area contributed by atoms with Crippen LogP contribution in [0, 0.1) is 5.92 Å². The van der Waals surface area contributed by atoms with E-state index >= 15 is 0 Å². The van der Waals surface area contributed by atoms with Crippen LogP contribution < -0.4 is 5.48 Å². The molecule has 0 saturated heterocycles. The molecule has 0 fully saturated rings. The maximum absolute atomic E-state index is 12.5. The average Bonchev–Trinajstić information content (AvgIpc) is 2.61. The van der Waals surface area contributed by atoms with E-state index < -0.39 is 27.4 Å². The van der Waals surface area contributed by atoms with Gasteiger partial charge in [0.05, 0.1) is 16.6 Å². The van der Waals surface area contributed by atoms with E-state index in [-0.39, 0.29) is 10.6 Å². The fraction of sp³-hybridized carbons (Fsp3) is 0.278. The third-order valence-electron chi connectivity index (χ3n) is 3.96. The predicted molar refractivity (Wildman–Crippen MR) is 93.0 cm³/mol. The van der Waals surface area contributed by atoms with Crippen molar-refractivity contribution in [3.8, 4) is 5.75 Å². The van der Waals surface area contributed by atoms with Gasteiger partial charge in [0.25, 0.3) is 0 Å². The molecule has 0 bridgehead atoms. The molecule has 7 heteroatoms. The number of amides is 1. The van der Waals surface area contributed by atoms with Gasteiger partial charge >= 0.3 is 0 Å². The van der Waals surface area contributed by atoms with Crippen LogP contribution in [-0.2, 0) is 21.1 Å². The number of carbonyl (C=O) groups is 1. The first-order chi connectivity index (χ1) is 11.9. The summed E-state index contributed by atoms with van der Waals surface area (Å²) in [6.45, 7) is 0. The second-order valence-electron chi connectivity index (χ2n) is 5.83. The number of hydrogen-bond donors (Lipinski definition) is 3. The molecule has 6 nitrogen and oxygen atoms in total. The lowest BCUT2D eigenvalue weighted by Crippen LogP contribution is -2.33. The summed E-state index contributed by atoms with van der Waals surface area (Å²) in [5.41, 5.74) is 2.66. The second-order valence-corrected chi connectivity index (χ2v) is 7.86. The SMILES string of the molecule is O=C(NO)C(CCCc1ccccc1)CS(=O)(=O)c1ccc(O)cc1. The molecule has 134 valence electrons. The number of rotatable bonds is 8. The van der Waals surface area contributed by atoms with E-state index in [1.54, 1.807) is 5.48 Å². The highest BCUT2D eigenvalue weighted by molar-refractivity contribution is 7.91. The van der Waals surface area contributed by atoms with Crippen molar-refractivity contribution in [1.29, 1.82) is 0 Å². The number of nitrogens with one attached hydrogen (secondary N) is 1. The molecule has 0 aliphatic rings. The van der Waals surface area contributed by atoms with Gasteiger partial charge in [-0.25, -0.2) is 13.9 Å². The molecule has 0 saturated carbocycles. The minimum Gasteiger partial charge on any atom is -0.508 e. The molecule has 0 spiro atoms. The van der Waals surface area contributed by atoms with E-state index in [1.807, 2.05) is 30.3 Å². The van der Waals surface area contributed by atoms with Crippen LogP contribution in [-0.4, -0.2) is 30.4 Å². The van der Waals surface area contributed by atoms with Crippen LogP contribution in [0.5, 0.6) is 5.75 Å². The van der Waals surface area contributed by atoms with Gasteiger partial charge in [-0.2, -0.15) is 0 Å². The van der Waals surface area contributed by atoms with E-state index in [9.17, 15) is 18.3 Å². The monoisotopic (exact) mass is 363 g/mol. The zero-order valence-electron chi connectivity index (χ0n) is 13.6. The summed E-state index contributed by atoms with van der Waals surface area (Å²) in [5, 5.41) is 18.2. The van der Waals surface area contributed by atoms with E-state index in [0.717, 1.165) is 12.0 Å². The zero-order chi connectivity index (χ0) is 18.3. The molecule has 3 N–H and O–H groups in total. The number of phenolic OH excluding ortho intramolecular Hbond substituents is 1. The van der Waals surface area contributed by atoms with Gasteiger partial charge in [0.2, 0.25) is 5.91 Å². The van der Waals surface area contributed by atoms with Crippen molar-refractivity contribution in [2.75, 3.05) is 5.75 Å². The summed E-state index contributed by atoms with van der Waals surface area (Å²) >= 11 is 0. The van der Waals surface area contributed by atoms with E-state index in [4.69, 9.17) is 5.21 Å². The molecular formula is C18H21NO5S. The second kappa shape index (κ2) is 8.64. The first kappa shape index (κ1) is 19.0. The summed E-state index contributed by atoms with van der Waals surface area (Å²) in [6.07, 6.45) is 1.67. The predicted octanol–water partition coefficient (Wildman–Crippen LogP) is 2.31. The van der Waals surface area contributed by atoms with Gasteiger partial charge in [-0.3, -0.25) is 10.0 Å². The number of aromatic hydroxyl groups is 1. The molecule has 2 aromatic carbocycles. The molecular weight excluding hydrogens is 342 g/mol. The van der Waals surface area contributed by atoms with Crippen LogP contribution in [0.1, 0.15) is 18.4 Å². The van der Waals surface area contributed by atoms with Crippen molar-refractivity contribution < 1.29 is 23.5 Å². The van der Waals surface area contributed by atoms with Crippen LogP contribution in [0.2, 0.25) is 0 Å². The molecule has 1 unspecified atom stereocenters. The maximum Gasteiger partial charge on any atom is 0.247 e. The van der Waals surface area contributed by atoms with Gasteiger partial charge in [0, 0.05) is 0 Å². The Morgan fingerprint density at radius 2 is 1.68 bits per heavy atom. The standard InChI is InChI=1S/C18H21NO5S/c20-16-9-11-17(12-10-16)25(23,24)13-15(18(21)19-22)8-4-7-14-5-2-1-3-6-14/h1-3,5-6,9-12,15,20,22H,4,7-8,13H2,(H,19,21). The van der Waals surface area contributed by atoms with Gasteiger partial charge in [0.15, 0.2) is 9.84 Å². The molecule has 2 rings (SSSR count). The van der Waals surface area contributed by atoms with Crippen molar-refractivity contribution in [3.05, 3.63) is 60.2 Å². The lowest BCUT2D eigenvalue weighted by molar-refractivity contribution is -0.132. The summed E-state index contributed by atoms with van der Waals surface area (Å²) in [7, 11) is -3.71. The third kappa shape index (κ3) is 5.58. The van der Waals surface area contributed by atoms with Crippen LogP contribution in [0.25, 0.3) is 0 Å². The normalized spacial score (nSPS) is 12.5. The molecule has 0 heterocycles. The van der Waals surface area contributed by atoms with Gasteiger partial charge in [-0.15, -0.1) is 0 Å². The van der Waals surface area contributed by atoms with Crippen molar-refractivity contribution >= 4 is 15.7 Å². The minimum atomic E-state index is -3.71. The fourth-order valence-corrected chi connectivity index (χ4v) is 4.18. The first-order valence-electron chi connectivity index (χ1n) is 7.92. The molecule has 25 heavy (non-hydrogen) atoms. The smallest absolute Gasteiger partial charge is 0.247 e. The largest absolute Gasteiger partial charge is 0.508 e. The lowest BCUT2D eigenvalue weighted by Gasteiger charge is -2.15. The molecule has 1 amide bonds. The maximum atomic E-state index is 12.5. The molecule has 0 aliphatic carbocycles. The number of benzene rings is 2. The minimum absolute atomic E-state index is 0.0316. The van der Waals surface area contributed by atoms with E-state index in [2.05, 4.69) is 0 Å². The summed E-state index contributed by atoms with van der Waals surface area (Å²) in [4.78, 5) is 11.9. The Kier molecular flexibility index (Phi) is 6.55. The first-order valence-corrected chi connectivity index (χ1v) is 9.57. The zero-order valence-corrected chi connectivity index (χ0v) is 14.4. The average molecular weight is 363 g/mol. The Labute approximate surface area is 147 Å². The Morgan fingerprint density at radius 3 is 2.28 bits per heavy atom.